The van der Waals surface area contributed by atoms with Gasteiger partial charge in [-0.1, -0.05) is 0 Å². The first kappa shape index (κ1) is 11.5. The molecule has 0 amide bonds. The number of hydrogen-bond acceptors (Lipinski definition) is 6. The van der Waals surface area contributed by atoms with Gasteiger partial charge in [0.15, 0.2) is 9.84 Å². The summed E-state index contributed by atoms with van der Waals surface area (Å²) in [4.78, 5) is 11.8. The van der Waals surface area contributed by atoms with Gasteiger partial charge >= 0.3 is 0 Å². The molecule has 0 unspecified atom stereocenters. The molecule has 1 aromatic carbocycles. The van der Waals surface area contributed by atoms with E-state index < -0.39 is 9.84 Å². The molecule has 1 aromatic heterocycles. The molecular weight excluding hydrogens is 240 g/mol. The summed E-state index contributed by atoms with van der Waals surface area (Å²) in [6, 6.07) is 6.36. The molecule has 0 saturated carbocycles. The van der Waals surface area contributed by atoms with Crippen LogP contribution in [0.25, 0.3) is 0 Å². The van der Waals surface area contributed by atoms with Crippen LogP contribution in [0, 0.1) is 0 Å². The van der Waals surface area contributed by atoms with E-state index in [-0.39, 0.29) is 4.90 Å². The Morgan fingerprint density at radius 3 is 2.18 bits per heavy atom. The number of benzene rings is 1. The second-order valence-electron chi connectivity index (χ2n) is 3.38. The molecule has 0 radical (unpaired) electrons. The van der Waals surface area contributed by atoms with Crippen molar-refractivity contribution in [3.8, 4) is 0 Å². The number of anilines is 2. The van der Waals surface area contributed by atoms with E-state index in [1.165, 1.54) is 31.0 Å². The highest BCUT2D eigenvalue weighted by atomic mass is 32.2. The van der Waals surface area contributed by atoms with Crippen LogP contribution in [0.4, 0.5) is 11.6 Å². The molecule has 6 nitrogen and oxygen atoms in total. The third-order valence-corrected chi connectivity index (χ3v) is 3.16. The van der Waals surface area contributed by atoms with Crippen molar-refractivity contribution in [3.63, 3.8) is 0 Å². The van der Waals surface area contributed by atoms with E-state index in [1.54, 1.807) is 12.1 Å². The summed E-state index contributed by atoms with van der Waals surface area (Å²) in [5, 5.41) is 2.93. The summed E-state index contributed by atoms with van der Waals surface area (Å²) in [7, 11) is -3.16. The highest BCUT2D eigenvalue weighted by molar-refractivity contribution is 7.90. The first-order valence-corrected chi connectivity index (χ1v) is 6.64. The monoisotopic (exact) mass is 250 g/mol. The van der Waals surface area contributed by atoms with E-state index in [4.69, 9.17) is 0 Å². The summed E-state index contributed by atoms with van der Waals surface area (Å²) in [6.45, 7) is 0. The first-order valence-electron chi connectivity index (χ1n) is 4.75. The predicted molar refractivity (Wildman–Crippen MR) is 62.7 cm³/mol. The Hall–Kier alpha value is -2.02. The van der Waals surface area contributed by atoms with E-state index in [1.807, 2.05) is 0 Å². The van der Waals surface area contributed by atoms with Gasteiger partial charge in [-0.25, -0.2) is 23.4 Å². The highest BCUT2D eigenvalue weighted by Gasteiger charge is 2.06. The second-order valence-corrected chi connectivity index (χ2v) is 5.40. The molecule has 17 heavy (non-hydrogen) atoms. The molecule has 0 aliphatic carbocycles. The summed E-state index contributed by atoms with van der Waals surface area (Å²) < 4.78 is 22.5. The Balaban J connectivity index is 2.20. The van der Waals surface area contributed by atoms with E-state index in [0.29, 0.717) is 11.6 Å². The number of nitrogens with zero attached hydrogens (tertiary/aromatic N) is 3. The average molecular weight is 250 g/mol. The normalized spacial score (nSPS) is 11.1. The van der Waals surface area contributed by atoms with Crippen molar-refractivity contribution in [2.45, 2.75) is 4.90 Å². The van der Waals surface area contributed by atoms with Crippen LogP contribution in [-0.4, -0.2) is 29.6 Å². The minimum atomic E-state index is -3.16. The van der Waals surface area contributed by atoms with Gasteiger partial charge < -0.3 is 5.32 Å². The van der Waals surface area contributed by atoms with Crippen LogP contribution in [0.3, 0.4) is 0 Å². The topological polar surface area (TPSA) is 84.8 Å². The fourth-order valence-corrected chi connectivity index (χ4v) is 1.85. The maximum Gasteiger partial charge on any atom is 0.230 e. The summed E-state index contributed by atoms with van der Waals surface area (Å²) >= 11 is 0. The zero-order valence-electron chi connectivity index (χ0n) is 9.03. The van der Waals surface area contributed by atoms with E-state index >= 15 is 0 Å². The molecule has 2 aromatic rings. The van der Waals surface area contributed by atoms with E-state index in [2.05, 4.69) is 20.3 Å². The SMILES string of the molecule is CS(=O)(=O)c1ccc(Nc2ncncn2)cc1. The lowest BCUT2D eigenvalue weighted by molar-refractivity contribution is 0.602. The van der Waals surface area contributed by atoms with Crippen LogP contribution in [0.1, 0.15) is 0 Å². The molecular formula is C10H10N4O2S. The molecule has 0 aliphatic heterocycles. The van der Waals surface area contributed by atoms with Crippen LogP contribution >= 0.6 is 0 Å². The summed E-state index contributed by atoms with van der Waals surface area (Å²) in [5.41, 5.74) is 0.712. The van der Waals surface area contributed by atoms with Gasteiger partial charge in [0, 0.05) is 11.9 Å². The quantitative estimate of drug-likeness (QED) is 0.875. The average Bonchev–Trinajstić information content (AvgIpc) is 2.30. The molecule has 0 aliphatic rings. The van der Waals surface area contributed by atoms with Crippen molar-refractivity contribution < 1.29 is 8.42 Å². The lowest BCUT2D eigenvalue weighted by Gasteiger charge is -2.04. The largest absolute Gasteiger partial charge is 0.324 e. The van der Waals surface area contributed by atoms with E-state index in [9.17, 15) is 8.42 Å². The Labute approximate surface area is 98.7 Å². The van der Waals surface area contributed by atoms with Crippen molar-refractivity contribution in [1.82, 2.24) is 15.0 Å². The first-order chi connectivity index (χ1) is 8.05. The van der Waals surface area contributed by atoms with Gasteiger partial charge in [-0.15, -0.1) is 0 Å². The molecule has 88 valence electrons. The third-order valence-electron chi connectivity index (χ3n) is 2.03. The minimum Gasteiger partial charge on any atom is -0.324 e. The van der Waals surface area contributed by atoms with Crippen LogP contribution in [0.5, 0.6) is 0 Å². The fraction of sp³-hybridized carbons (Fsp3) is 0.100. The van der Waals surface area contributed by atoms with Crippen molar-refractivity contribution in [3.05, 3.63) is 36.9 Å². The molecule has 0 spiro atoms. The molecule has 2 rings (SSSR count). The van der Waals surface area contributed by atoms with Gasteiger partial charge in [0.25, 0.3) is 0 Å². The second kappa shape index (κ2) is 4.46. The molecule has 0 fully saturated rings. The number of rotatable bonds is 3. The van der Waals surface area contributed by atoms with E-state index in [0.717, 1.165) is 0 Å². The molecule has 0 bridgehead atoms. The predicted octanol–water partition coefficient (Wildman–Crippen LogP) is 1.02. The van der Waals surface area contributed by atoms with Gasteiger partial charge in [0.1, 0.15) is 12.7 Å². The van der Waals surface area contributed by atoms with Crippen LogP contribution < -0.4 is 5.32 Å². The zero-order chi connectivity index (χ0) is 12.3. The summed E-state index contributed by atoms with van der Waals surface area (Å²) in [5.74, 6) is 0.409. The molecule has 1 N–H and O–H groups in total. The van der Waals surface area contributed by atoms with Crippen molar-refractivity contribution >= 4 is 21.5 Å². The van der Waals surface area contributed by atoms with Gasteiger partial charge in [-0.2, -0.15) is 0 Å². The Bertz CT molecular complexity index is 596. The Kier molecular flexibility index (Phi) is 3.01. The molecule has 7 heteroatoms. The molecule has 1 heterocycles. The third kappa shape index (κ3) is 2.97. The Morgan fingerprint density at radius 1 is 1.06 bits per heavy atom. The van der Waals surface area contributed by atoms with Crippen molar-refractivity contribution in [2.75, 3.05) is 11.6 Å². The van der Waals surface area contributed by atoms with Gasteiger partial charge in [0.2, 0.25) is 5.95 Å². The number of hydrogen-bond donors (Lipinski definition) is 1. The lowest BCUT2D eigenvalue weighted by atomic mass is 10.3. The van der Waals surface area contributed by atoms with Crippen LogP contribution in [0.15, 0.2) is 41.8 Å². The van der Waals surface area contributed by atoms with Crippen molar-refractivity contribution in [2.24, 2.45) is 0 Å². The Morgan fingerprint density at radius 2 is 1.65 bits per heavy atom. The minimum absolute atomic E-state index is 0.277. The summed E-state index contributed by atoms with van der Waals surface area (Å²) in [6.07, 6.45) is 3.92. The maximum atomic E-state index is 11.2. The standard InChI is InChI=1S/C10H10N4O2S/c1-17(15,16)9-4-2-8(3-5-9)14-10-12-6-11-7-13-10/h2-7H,1H3,(H,11,12,13,14). The molecule has 0 saturated heterocycles. The van der Waals surface area contributed by atoms with Gasteiger partial charge in [-0.3, -0.25) is 0 Å². The molecule has 0 atom stereocenters. The van der Waals surface area contributed by atoms with Crippen molar-refractivity contribution in [1.29, 1.82) is 0 Å². The number of sulfone groups is 1. The smallest absolute Gasteiger partial charge is 0.230 e. The van der Waals surface area contributed by atoms with Gasteiger partial charge in [-0.05, 0) is 24.3 Å². The zero-order valence-corrected chi connectivity index (χ0v) is 9.85. The number of nitrogens with one attached hydrogen (secondary N) is 1. The number of aromatic nitrogens is 3. The van der Waals surface area contributed by atoms with Gasteiger partial charge in [0.05, 0.1) is 4.90 Å². The van der Waals surface area contributed by atoms with Crippen LogP contribution in [-0.2, 0) is 9.84 Å². The highest BCUT2D eigenvalue weighted by Crippen LogP contribution is 2.15. The lowest BCUT2D eigenvalue weighted by Crippen LogP contribution is -1.99. The van der Waals surface area contributed by atoms with Crippen LogP contribution in [0.2, 0.25) is 0 Å². The fourth-order valence-electron chi connectivity index (χ4n) is 1.22. The maximum absolute atomic E-state index is 11.2.